The molecule has 0 unspecified atom stereocenters. The van der Waals surface area contributed by atoms with E-state index in [4.69, 9.17) is 9.15 Å². The van der Waals surface area contributed by atoms with Crippen LogP contribution < -0.4 is 0 Å². The van der Waals surface area contributed by atoms with Crippen molar-refractivity contribution in [3.8, 4) is 11.3 Å². The summed E-state index contributed by atoms with van der Waals surface area (Å²) in [6.45, 7) is 4.97. The molecular weight excluding hydrogens is 308 g/mol. The molecule has 0 radical (unpaired) electrons. The van der Waals surface area contributed by atoms with Crippen molar-refractivity contribution < 1.29 is 22.4 Å². The fraction of sp³-hybridized carbons (Fsp3) is 0.357. The smallest absolute Gasteiger partial charge is 0.339 e. The van der Waals surface area contributed by atoms with E-state index < -0.39 is 15.8 Å². The van der Waals surface area contributed by atoms with Gasteiger partial charge in [0.1, 0.15) is 0 Å². The summed E-state index contributed by atoms with van der Waals surface area (Å²) in [7, 11) is -3.58. The number of carbonyl (C=O) groups is 1. The summed E-state index contributed by atoms with van der Waals surface area (Å²) >= 11 is 0. The molecule has 0 aliphatic carbocycles. The number of esters is 1. The number of hydrogen-bond donors (Lipinski definition) is 0. The van der Waals surface area contributed by atoms with E-state index in [1.807, 2.05) is 0 Å². The highest BCUT2D eigenvalue weighted by molar-refractivity contribution is 7.90. The summed E-state index contributed by atoms with van der Waals surface area (Å²) in [6, 6.07) is 0. The second kappa shape index (κ2) is 5.88. The van der Waals surface area contributed by atoms with Crippen LogP contribution in [0.2, 0.25) is 0 Å². The molecule has 0 aliphatic rings. The van der Waals surface area contributed by atoms with Crippen molar-refractivity contribution in [3.63, 3.8) is 0 Å². The number of carbonyl (C=O) groups excluding carboxylic acids is 1. The quantitative estimate of drug-likeness (QED) is 0.792. The Kier molecular flexibility index (Phi) is 4.32. The third kappa shape index (κ3) is 2.87. The van der Waals surface area contributed by atoms with Gasteiger partial charge >= 0.3 is 5.97 Å². The van der Waals surface area contributed by atoms with Gasteiger partial charge in [-0.25, -0.2) is 23.2 Å². The minimum absolute atomic E-state index is 0.131. The standard InChI is InChI=1S/C14H16N2O5S/c1-5-20-14(17)11-8(2)13(22(4,18)19)16-9(3)12(11)10-6-15-7-21-10/h6-7H,5H2,1-4H3. The number of pyridine rings is 1. The monoisotopic (exact) mass is 324 g/mol. The summed E-state index contributed by atoms with van der Waals surface area (Å²) in [5.41, 5.74) is 1.11. The highest BCUT2D eigenvalue weighted by atomic mass is 32.2. The van der Waals surface area contributed by atoms with E-state index in [2.05, 4.69) is 9.97 Å². The number of nitrogens with zero attached hydrogens (tertiary/aromatic N) is 2. The van der Waals surface area contributed by atoms with Crippen LogP contribution in [0, 0.1) is 13.8 Å². The predicted molar refractivity (Wildman–Crippen MR) is 78.3 cm³/mol. The van der Waals surface area contributed by atoms with Crippen LogP contribution in [-0.4, -0.2) is 37.2 Å². The van der Waals surface area contributed by atoms with Gasteiger partial charge in [-0.1, -0.05) is 0 Å². The molecule has 0 saturated heterocycles. The maximum atomic E-state index is 12.3. The van der Waals surface area contributed by atoms with Gasteiger partial charge in [0, 0.05) is 11.8 Å². The Labute approximate surface area is 128 Å². The molecule has 0 N–H and O–H groups in total. The zero-order chi connectivity index (χ0) is 16.5. The molecule has 0 fully saturated rings. The number of aromatic nitrogens is 2. The van der Waals surface area contributed by atoms with E-state index in [9.17, 15) is 13.2 Å². The Balaban J connectivity index is 2.85. The molecule has 2 aromatic heterocycles. The van der Waals surface area contributed by atoms with Crippen LogP contribution in [0.3, 0.4) is 0 Å². The van der Waals surface area contributed by atoms with Crippen LogP contribution in [-0.2, 0) is 14.6 Å². The summed E-state index contributed by atoms with van der Waals surface area (Å²) in [5.74, 6) is -0.294. The van der Waals surface area contributed by atoms with Gasteiger partial charge in [0.15, 0.2) is 27.0 Å². The first kappa shape index (κ1) is 16.2. The van der Waals surface area contributed by atoms with Crippen LogP contribution in [0.4, 0.5) is 0 Å². The Hall–Kier alpha value is -2.22. The van der Waals surface area contributed by atoms with Gasteiger partial charge in [-0.15, -0.1) is 0 Å². The van der Waals surface area contributed by atoms with Crippen molar-refractivity contribution in [1.82, 2.24) is 9.97 Å². The van der Waals surface area contributed by atoms with Gasteiger partial charge in [0.25, 0.3) is 0 Å². The van der Waals surface area contributed by atoms with Crippen molar-refractivity contribution in [2.24, 2.45) is 0 Å². The lowest BCUT2D eigenvalue weighted by Crippen LogP contribution is -2.15. The Bertz CT molecular complexity index is 810. The van der Waals surface area contributed by atoms with Gasteiger partial charge in [-0.3, -0.25) is 0 Å². The van der Waals surface area contributed by atoms with Crippen LogP contribution >= 0.6 is 0 Å². The lowest BCUT2D eigenvalue weighted by Gasteiger charge is -2.15. The zero-order valence-electron chi connectivity index (χ0n) is 12.7. The molecule has 2 heterocycles. The van der Waals surface area contributed by atoms with E-state index in [0.717, 1.165) is 6.26 Å². The third-order valence-electron chi connectivity index (χ3n) is 3.09. The molecule has 2 aromatic rings. The number of ether oxygens (including phenoxy) is 1. The molecule has 8 heteroatoms. The molecule has 22 heavy (non-hydrogen) atoms. The summed E-state index contributed by atoms with van der Waals surface area (Å²) < 4.78 is 34.1. The van der Waals surface area contributed by atoms with Gasteiger partial charge < -0.3 is 9.15 Å². The molecular formula is C14H16N2O5S. The second-order valence-corrected chi connectivity index (χ2v) is 6.67. The van der Waals surface area contributed by atoms with E-state index in [1.165, 1.54) is 19.5 Å². The van der Waals surface area contributed by atoms with Gasteiger partial charge in [-0.2, -0.15) is 0 Å². The SMILES string of the molecule is CCOC(=O)c1c(C)c(S(C)(=O)=O)nc(C)c1-c1cnco1. The molecule has 0 spiro atoms. The Morgan fingerprint density at radius 3 is 2.55 bits per heavy atom. The minimum Gasteiger partial charge on any atom is -0.462 e. The molecule has 0 amide bonds. The number of aryl methyl sites for hydroxylation is 1. The van der Waals surface area contributed by atoms with Crippen LogP contribution in [0.1, 0.15) is 28.5 Å². The maximum absolute atomic E-state index is 12.3. The first-order valence-electron chi connectivity index (χ1n) is 6.54. The molecule has 0 atom stereocenters. The number of sulfone groups is 1. The minimum atomic E-state index is -3.58. The maximum Gasteiger partial charge on any atom is 0.339 e. The van der Waals surface area contributed by atoms with E-state index in [-0.39, 0.29) is 22.8 Å². The van der Waals surface area contributed by atoms with E-state index in [0.29, 0.717) is 17.0 Å². The Morgan fingerprint density at radius 1 is 1.36 bits per heavy atom. The molecule has 118 valence electrons. The van der Waals surface area contributed by atoms with E-state index >= 15 is 0 Å². The van der Waals surface area contributed by atoms with Crippen molar-refractivity contribution in [2.45, 2.75) is 25.8 Å². The highest BCUT2D eigenvalue weighted by Crippen LogP contribution is 2.32. The molecule has 0 aliphatic heterocycles. The van der Waals surface area contributed by atoms with Crippen molar-refractivity contribution in [3.05, 3.63) is 29.4 Å². The Morgan fingerprint density at radius 2 is 2.05 bits per heavy atom. The van der Waals surface area contributed by atoms with Crippen molar-refractivity contribution in [2.75, 3.05) is 12.9 Å². The topological polar surface area (TPSA) is 99.4 Å². The second-order valence-electron chi connectivity index (χ2n) is 4.74. The van der Waals surface area contributed by atoms with Gasteiger partial charge in [0.05, 0.1) is 29.6 Å². The largest absolute Gasteiger partial charge is 0.462 e. The molecule has 7 nitrogen and oxygen atoms in total. The summed E-state index contributed by atoms with van der Waals surface area (Å²) in [4.78, 5) is 20.2. The van der Waals surface area contributed by atoms with Crippen molar-refractivity contribution >= 4 is 15.8 Å². The van der Waals surface area contributed by atoms with E-state index in [1.54, 1.807) is 13.8 Å². The lowest BCUT2D eigenvalue weighted by molar-refractivity contribution is 0.0525. The van der Waals surface area contributed by atoms with Crippen LogP contribution in [0.25, 0.3) is 11.3 Å². The fourth-order valence-corrected chi connectivity index (χ4v) is 3.19. The number of rotatable bonds is 4. The summed E-state index contributed by atoms with van der Waals surface area (Å²) in [6.07, 6.45) is 3.71. The average Bonchev–Trinajstić information content (AvgIpc) is 2.93. The molecule has 2 rings (SSSR count). The molecule has 0 bridgehead atoms. The predicted octanol–water partition coefficient (Wildman–Crippen LogP) is 1.93. The molecule has 0 saturated carbocycles. The average molecular weight is 324 g/mol. The van der Waals surface area contributed by atoms with Crippen LogP contribution in [0.5, 0.6) is 0 Å². The lowest BCUT2D eigenvalue weighted by atomic mass is 10.0. The first-order chi connectivity index (χ1) is 10.3. The first-order valence-corrected chi connectivity index (χ1v) is 8.43. The number of hydrogen-bond acceptors (Lipinski definition) is 7. The third-order valence-corrected chi connectivity index (χ3v) is 4.19. The molecule has 0 aromatic carbocycles. The van der Waals surface area contributed by atoms with Gasteiger partial charge in [-0.05, 0) is 20.8 Å². The van der Waals surface area contributed by atoms with Crippen LogP contribution in [0.15, 0.2) is 22.0 Å². The normalized spacial score (nSPS) is 11.5. The number of oxazole rings is 1. The van der Waals surface area contributed by atoms with Gasteiger partial charge in [0.2, 0.25) is 0 Å². The van der Waals surface area contributed by atoms with Crippen molar-refractivity contribution in [1.29, 1.82) is 0 Å². The highest BCUT2D eigenvalue weighted by Gasteiger charge is 2.27. The fourth-order valence-electron chi connectivity index (χ4n) is 2.23. The zero-order valence-corrected chi connectivity index (χ0v) is 13.5. The summed E-state index contributed by atoms with van der Waals surface area (Å²) in [5, 5.41) is -0.142.